The molecule has 1 aliphatic heterocycles. The lowest BCUT2D eigenvalue weighted by molar-refractivity contribution is -0.121. The summed E-state index contributed by atoms with van der Waals surface area (Å²) < 4.78 is 14.4. The van der Waals surface area contributed by atoms with Crippen LogP contribution >= 0.6 is 15.9 Å². The average molecular weight is 326 g/mol. The van der Waals surface area contributed by atoms with E-state index in [1.165, 1.54) is 0 Å². The third-order valence-electron chi connectivity index (χ3n) is 3.29. The highest BCUT2D eigenvalue weighted by molar-refractivity contribution is 9.10. The molecule has 0 spiro atoms. The third-order valence-corrected chi connectivity index (χ3v) is 4.07. The number of hydrogen-bond acceptors (Lipinski definition) is 3. The van der Waals surface area contributed by atoms with Gasteiger partial charge in [-0.15, -0.1) is 0 Å². The number of nitriles is 1. The van der Waals surface area contributed by atoms with Crippen molar-refractivity contribution in [3.05, 3.63) is 28.0 Å². The molecule has 0 aliphatic carbocycles. The third kappa shape index (κ3) is 2.43. The van der Waals surface area contributed by atoms with Gasteiger partial charge in [-0.05, 0) is 40.9 Å². The molecule has 100 valence electrons. The normalized spacial score (nSPS) is 18.2. The van der Waals surface area contributed by atoms with Gasteiger partial charge in [-0.2, -0.15) is 5.26 Å². The van der Waals surface area contributed by atoms with Crippen molar-refractivity contribution in [2.45, 2.75) is 18.9 Å². The molecule has 4 nitrogen and oxygen atoms in total. The van der Waals surface area contributed by atoms with E-state index >= 15 is 0 Å². The minimum absolute atomic E-state index is 0.114. The number of amides is 1. The molecule has 1 aromatic rings. The maximum absolute atomic E-state index is 14.3. The second-order valence-electron chi connectivity index (χ2n) is 4.34. The van der Waals surface area contributed by atoms with Crippen molar-refractivity contribution in [1.82, 2.24) is 5.32 Å². The van der Waals surface area contributed by atoms with Crippen LogP contribution < -0.4 is 10.2 Å². The fraction of sp³-hybridized carbons (Fsp3) is 0.385. The van der Waals surface area contributed by atoms with E-state index in [1.807, 2.05) is 6.07 Å². The average Bonchev–Trinajstić information content (AvgIpc) is 2.90. The Labute approximate surface area is 119 Å². The van der Waals surface area contributed by atoms with Gasteiger partial charge >= 0.3 is 0 Å². The summed E-state index contributed by atoms with van der Waals surface area (Å²) in [5.41, 5.74) is 0.605. The fourth-order valence-electron chi connectivity index (χ4n) is 2.34. The summed E-state index contributed by atoms with van der Waals surface area (Å²) in [5.74, 6) is -0.604. The SMILES string of the molecule is CNC(=O)C1CCCN1c1ccc(C#N)c(Br)c1F. The molecule has 1 atom stereocenters. The first-order chi connectivity index (χ1) is 9.10. The Balaban J connectivity index is 2.40. The Morgan fingerprint density at radius 2 is 2.37 bits per heavy atom. The van der Waals surface area contributed by atoms with Crippen molar-refractivity contribution < 1.29 is 9.18 Å². The predicted octanol–water partition coefficient (Wildman–Crippen LogP) is 2.17. The van der Waals surface area contributed by atoms with E-state index in [2.05, 4.69) is 21.2 Å². The molecule has 1 unspecified atom stereocenters. The first kappa shape index (κ1) is 13.8. The van der Waals surface area contributed by atoms with E-state index in [0.717, 1.165) is 6.42 Å². The molecule has 1 heterocycles. The highest BCUT2D eigenvalue weighted by Gasteiger charge is 2.32. The molecule has 1 N–H and O–H groups in total. The maximum Gasteiger partial charge on any atom is 0.242 e. The number of carbonyl (C=O) groups is 1. The number of benzene rings is 1. The summed E-state index contributed by atoms with van der Waals surface area (Å²) in [6.07, 6.45) is 1.55. The van der Waals surface area contributed by atoms with Crippen LogP contribution in [0.1, 0.15) is 18.4 Å². The van der Waals surface area contributed by atoms with Crippen molar-refractivity contribution in [3.8, 4) is 6.07 Å². The Hall–Kier alpha value is -1.61. The summed E-state index contributed by atoms with van der Waals surface area (Å²) in [4.78, 5) is 13.5. The topological polar surface area (TPSA) is 56.1 Å². The highest BCUT2D eigenvalue weighted by atomic mass is 79.9. The van der Waals surface area contributed by atoms with Crippen LogP contribution in [0.4, 0.5) is 10.1 Å². The molecule has 0 radical (unpaired) electrons. The van der Waals surface area contributed by atoms with Gasteiger partial charge in [0.25, 0.3) is 0 Å². The lowest BCUT2D eigenvalue weighted by Crippen LogP contribution is -2.42. The monoisotopic (exact) mass is 325 g/mol. The highest BCUT2D eigenvalue weighted by Crippen LogP contribution is 2.33. The minimum Gasteiger partial charge on any atom is -0.357 e. The largest absolute Gasteiger partial charge is 0.357 e. The summed E-state index contributed by atoms with van der Waals surface area (Å²) in [7, 11) is 1.57. The van der Waals surface area contributed by atoms with Crippen molar-refractivity contribution in [2.75, 3.05) is 18.5 Å². The van der Waals surface area contributed by atoms with Gasteiger partial charge in [0.1, 0.15) is 12.1 Å². The molecule has 0 saturated carbocycles. The second kappa shape index (κ2) is 5.57. The van der Waals surface area contributed by atoms with Gasteiger partial charge in [-0.25, -0.2) is 4.39 Å². The van der Waals surface area contributed by atoms with E-state index in [4.69, 9.17) is 5.26 Å². The van der Waals surface area contributed by atoms with Crippen molar-refractivity contribution in [1.29, 1.82) is 5.26 Å². The zero-order valence-electron chi connectivity index (χ0n) is 10.4. The number of anilines is 1. The summed E-state index contributed by atoms with van der Waals surface area (Å²) in [5, 5.41) is 11.4. The Bertz CT molecular complexity index is 556. The summed E-state index contributed by atoms with van der Waals surface area (Å²) in [6.45, 7) is 0.632. The lowest BCUT2D eigenvalue weighted by atomic mass is 10.1. The van der Waals surface area contributed by atoms with Crippen LogP contribution in [-0.4, -0.2) is 25.5 Å². The number of halogens is 2. The van der Waals surface area contributed by atoms with Crippen LogP contribution in [0, 0.1) is 17.1 Å². The minimum atomic E-state index is -0.491. The molecule has 1 fully saturated rings. The number of rotatable bonds is 2. The zero-order chi connectivity index (χ0) is 14.0. The number of nitrogens with zero attached hydrogens (tertiary/aromatic N) is 2. The zero-order valence-corrected chi connectivity index (χ0v) is 12.0. The Morgan fingerprint density at radius 1 is 1.63 bits per heavy atom. The van der Waals surface area contributed by atoms with Gasteiger partial charge in [0, 0.05) is 13.6 Å². The standard InChI is InChI=1S/C13H13BrFN3O/c1-17-13(19)10-3-2-6-18(10)9-5-4-8(7-16)11(14)12(9)15/h4-5,10H,2-3,6H2,1H3,(H,17,19). The molecule has 6 heteroatoms. The van der Waals surface area contributed by atoms with Crippen LogP contribution in [0.15, 0.2) is 16.6 Å². The van der Waals surface area contributed by atoms with Crippen molar-refractivity contribution >= 4 is 27.5 Å². The second-order valence-corrected chi connectivity index (χ2v) is 5.13. The molecule has 19 heavy (non-hydrogen) atoms. The number of nitrogens with one attached hydrogen (secondary N) is 1. The molecule has 1 aromatic carbocycles. The van der Waals surface area contributed by atoms with Crippen molar-refractivity contribution in [2.24, 2.45) is 0 Å². The van der Waals surface area contributed by atoms with Gasteiger partial charge in [-0.1, -0.05) is 0 Å². The molecular formula is C13H13BrFN3O. The molecule has 1 saturated heterocycles. The maximum atomic E-state index is 14.3. The number of likely N-dealkylation sites (N-methyl/N-ethyl adjacent to an activating group) is 1. The van der Waals surface area contributed by atoms with Gasteiger partial charge in [-0.3, -0.25) is 4.79 Å². The first-order valence-corrected chi connectivity index (χ1v) is 6.75. The van der Waals surface area contributed by atoms with Gasteiger partial charge in [0.2, 0.25) is 5.91 Å². The van der Waals surface area contributed by atoms with Crippen LogP contribution in [0.3, 0.4) is 0 Å². The molecule has 2 rings (SSSR count). The Kier molecular flexibility index (Phi) is 4.05. The van der Waals surface area contributed by atoms with Crippen molar-refractivity contribution in [3.63, 3.8) is 0 Å². The van der Waals surface area contributed by atoms with E-state index in [1.54, 1.807) is 24.1 Å². The van der Waals surface area contributed by atoms with E-state index in [0.29, 0.717) is 18.7 Å². The summed E-state index contributed by atoms with van der Waals surface area (Å²) >= 11 is 3.09. The quantitative estimate of drug-likeness (QED) is 0.906. The number of carbonyl (C=O) groups excluding carboxylic acids is 1. The molecular weight excluding hydrogens is 313 g/mol. The van der Waals surface area contributed by atoms with Crippen LogP contribution in [0.5, 0.6) is 0 Å². The van der Waals surface area contributed by atoms with Crippen LogP contribution in [-0.2, 0) is 4.79 Å². The summed E-state index contributed by atoms with van der Waals surface area (Å²) in [6, 6.07) is 4.68. The first-order valence-electron chi connectivity index (χ1n) is 5.96. The molecule has 1 aliphatic rings. The van der Waals surface area contributed by atoms with E-state index in [9.17, 15) is 9.18 Å². The van der Waals surface area contributed by atoms with E-state index in [-0.39, 0.29) is 22.0 Å². The van der Waals surface area contributed by atoms with Crippen LogP contribution in [0.25, 0.3) is 0 Å². The molecule has 0 aromatic heterocycles. The fourth-order valence-corrected chi connectivity index (χ4v) is 2.77. The Morgan fingerprint density at radius 3 is 3.00 bits per heavy atom. The molecule has 0 bridgehead atoms. The van der Waals surface area contributed by atoms with Gasteiger partial charge < -0.3 is 10.2 Å². The number of hydrogen-bond donors (Lipinski definition) is 1. The lowest BCUT2D eigenvalue weighted by Gasteiger charge is -2.26. The van der Waals surface area contributed by atoms with E-state index < -0.39 is 5.82 Å². The van der Waals surface area contributed by atoms with Crippen LogP contribution in [0.2, 0.25) is 0 Å². The smallest absolute Gasteiger partial charge is 0.242 e. The van der Waals surface area contributed by atoms with Gasteiger partial charge in [0.15, 0.2) is 5.82 Å². The predicted molar refractivity (Wildman–Crippen MR) is 73.2 cm³/mol. The van der Waals surface area contributed by atoms with Gasteiger partial charge in [0.05, 0.1) is 15.7 Å². The molecule has 1 amide bonds.